The van der Waals surface area contributed by atoms with Crippen molar-refractivity contribution < 1.29 is 9.90 Å². The normalized spacial score (nSPS) is 10.9. The Labute approximate surface area is 106 Å². The molecule has 0 atom stereocenters. The number of carbonyl (C=O) groups is 1. The van der Waals surface area contributed by atoms with Crippen LogP contribution in [0.2, 0.25) is 0 Å². The van der Waals surface area contributed by atoms with Crippen LogP contribution in [0.4, 0.5) is 0 Å². The summed E-state index contributed by atoms with van der Waals surface area (Å²) < 4.78 is 1.90. The minimum absolute atomic E-state index is 0.227. The van der Waals surface area contributed by atoms with E-state index < -0.39 is 5.97 Å². The number of fused-ring (bicyclic) bond motifs is 1. The third kappa shape index (κ3) is 1.76. The third-order valence-corrected chi connectivity index (χ3v) is 3.43. The maximum atomic E-state index is 11.1. The van der Waals surface area contributed by atoms with Gasteiger partial charge in [-0.25, -0.2) is 14.8 Å². The largest absolute Gasteiger partial charge is 0.478 e. The van der Waals surface area contributed by atoms with Gasteiger partial charge in [0.15, 0.2) is 0 Å². The molecule has 90 valence electrons. The van der Waals surface area contributed by atoms with E-state index in [2.05, 4.69) is 9.97 Å². The van der Waals surface area contributed by atoms with Gasteiger partial charge >= 0.3 is 5.97 Å². The van der Waals surface area contributed by atoms with Gasteiger partial charge in [-0.05, 0) is 12.1 Å². The Bertz CT molecular complexity index is 703. The number of carboxylic acid groups (broad SMARTS) is 1. The smallest absolute Gasteiger partial charge is 0.337 e. The van der Waals surface area contributed by atoms with E-state index in [4.69, 9.17) is 5.11 Å². The highest BCUT2D eigenvalue weighted by Gasteiger charge is 2.12. The van der Waals surface area contributed by atoms with E-state index >= 15 is 0 Å². The van der Waals surface area contributed by atoms with E-state index in [1.807, 2.05) is 16.0 Å². The quantitative estimate of drug-likeness (QED) is 0.783. The standard InChI is InChI=1S/C12H9N3O2S/c16-12(17)8-2-1-3-9-11(8)14-7-15(9)6-10-13-4-5-18-10/h1-5,7H,6H2,(H,16,17). The van der Waals surface area contributed by atoms with Crippen LogP contribution in [0, 0.1) is 0 Å². The van der Waals surface area contributed by atoms with Crippen molar-refractivity contribution in [2.45, 2.75) is 6.54 Å². The third-order valence-electron chi connectivity index (χ3n) is 2.67. The number of benzene rings is 1. The van der Waals surface area contributed by atoms with Crippen LogP contribution in [-0.2, 0) is 6.54 Å². The van der Waals surface area contributed by atoms with Crippen LogP contribution in [-0.4, -0.2) is 25.6 Å². The lowest BCUT2D eigenvalue weighted by molar-refractivity contribution is 0.0699. The molecule has 6 heteroatoms. The minimum atomic E-state index is -0.958. The van der Waals surface area contributed by atoms with Crippen molar-refractivity contribution in [3.63, 3.8) is 0 Å². The number of aromatic carboxylic acids is 1. The summed E-state index contributed by atoms with van der Waals surface area (Å²) in [7, 11) is 0. The number of thiazole rings is 1. The number of para-hydroxylation sites is 1. The van der Waals surface area contributed by atoms with Gasteiger partial charge in [0.1, 0.15) is 10.5 Å². The monoisotopic (exact) mass is 259 g/mol. The molecule has 2 aromatic heterocycles. The summed E-state index contributed by atoms with van der Waals surface area (Å²) in [5.74, 6) is -0.958. The van der Waals surface area contributed by atoms with Crippen molar-refractivity contribution in [2.24, 2.45) is 0 Å². The Hall–Kier alpha value is -2.21. The lowest BCUT2D eigenvalue weighted by atomic mass is 10.2. The first kappa shape index (κ1) is 10.9. The van der Waals surface area contributed by atoms with Gasteiger partial charge in [-0.2, -0.15) is 0 Å². The topological polar surface area (TPSA) is 68.0 Å². The summed E-state index contributed by atoms with van der Waals surface area (Å²) in [5.41, 5.74) is 1.55. The second-order valence-electron chi connectivity index (χ2n) is 3.78. The fraction of sp³-hybridized carbons (Fsp3) is 0.0833. The van der Waals surface area contributed by atoms with Gasteiger partial charge in [0, 0.05) is 11.6 Å². The van der Waals surface area contributed by atoms with Crippen molar-refractivity contribution in [2.75, 3.05) is 0 Å². The molecule has 0 bridgehead atoms. The van der Waals surface area contributed by atoms with E-state index in [1.54, 1.807) is 36.0 Å². The maximum absolute atomic E-state index is 11.1. The van der Waals surface area contributed by atoms with Gasteiger partial charge in [0.2, 0.25) is 0 Å². The van der Waals surface area contributed by atoms with Crippen LogP contribution in [0.5, 0.6) is 0 Å². The van der Waals surface area contributed by atoms with Crippen LogP contribution in [0.25, 0.3) is 11.0 Å². The maximum Gasteiger partial charge on any atom is 0.337 e. The van der Waals surface area contributed by atoms with Crippen molar-refractivity contribution in [1.29, 1.82) is 0 Å². The summed E-state index contributed by atoms with van der Waals surface area (Å²) in [6.45, 7) is 0.608. The molecular formula is C12H9N3O2S. The second-order valence-corrected chi connectivity index (χ2v) is 4.76. The molecule has 3 rings (SSSR count). The molecule has 0 radical (unpaired) electrons. The van der Waals surface area contributed by atoms with Gasteiger partial charge in [-0.1, -0.05) is 6.07 Å². The number of hydrogen-bond donors (Lipinski definition) is 1. The minimum Gasteiger partial charge on any atom is -0.478 e. The van der Waals surface area contributed by atoms with Gasteiger partial charge < -0.3 is 9.67 Å². The highest BCUT2D eigenvalue weighted by molar-refractivity contribution is 7.09. The van der Waals surface area contributed by atoms with Crippen molar-refractivity contribution in [1.82, 2.24) is 14.5 Å². The average Bonchev–Trinajstić information content (AvgIpc) is 2.99. The van der Waals surface area contributed by atoms with E-state index in [-0.39, 0.29) is 5.56 Å². The predicted octanol–water partition coefficient (Wildman–Crippen LogP) is 2.24. The Morgan fingerprint density at radius 2 is 2.28 bits per heavy atom. The molecule has 2 heterocycles. The highest BCUT2D eigenvalue weighted by Crippen LogP contribution is 2.19. The number of nitrogens with zero attached hydrogens (tertiary/aromatic N) is 3. The van der Waals surface area contributed by atoms with Crippen LogP contribution in [0.3, 0.4) is 0 Å². The summed E-state index contributed by atoms with van der Waals surface area (Å²) in [5, 5.41) is 12.0. The first-order valence-corrected chi connectivity index (χ1v) is 6.19. The Morgan fingerprint density at radius 3 is 3.00 bits per heavy atom. The first-order valence-electron chi connectivity index (χ1n) is 5.31. The molecule has 1 N–H and O–H groups in total. The van der Waals surface area contributed by atoms with E-state index in [1.165, 1.54) is 0 Å². The molecule has 0 fully saturated rings. The lowest BCUT2D eigenvalue weighted by Gasteiger charge is -2.01. The van der Waals surface area contributed by atoms with Gasteiger partial charge in [0.25, 0.3) is 0 Å². The molecule has 0 aliphatic carbocycles. The van der Waals surface area contributed by atoms with Gasteiger partial charge in [0.05, 0.1) is 24.0 Å². The second kappa shape index (κ2) is 4.23. The molecule has 1 aromatic carbocycles. The Balaban J connectivity index is 2.09. The van der Waals surface area contributed by atoms with Crippen LogP contribution < -0.4 is 0 Å². The fourth-order valence-electron chi connectivity index (χ4n) is 1.86. The SMILES string of the molecule is O=C(O)c1cccc2c1ncn2Cc1nccs1. The van der Waals surface area contributed by atoms with Crippen molar-refractivity contribution in [3.05, 3.63) is 46.7 Å². The molecule has 0 spiro atoms. The van der Waals surface area contributed by atoms with Gasteiger partial charge in [-0.15, -0.1) is 11.3 Å². The van der Waals surface area contributed by atoms with Crippen LogP contribution in [0.15, 0.2) is 36.1 Å². The van der Waals surface area contributed by atoms with Crippen LogP contribution in [0.1, 0.15) is 15.4 Å². The Kier molecular flexibility index (Phi) is 2.56. The highest BCUT2D eigenvalue weighted by atomic mass is 32.1. The molecule has 0 saturated carbocycles. The number of imidazole rings is 1. The summed E-state index contributed by atoms with van der Waals surface area (Å²) >= 11 is 1.56. The predicted molar refractivity (Wildman–Crippen MR) is 67.9 cm³/mol. The van der Waals surface area contributed by atoms with Crippen molar-refractivity contribution >= 4 is 28.3 Å². The van der Waals surface area contributed by atoms with Crippen molar-refractivity contribution in [3.8, 4) is 0 Å². The molecule has 3 aromatic rings. The summed E-state index contributed by atoms with van der Waals surface area (Å²) in [6.07, 6.45) is 3.40. The fourth-order valence-corrected chi connectivity index (χ4v) is 2.48. The van der Waals surface area contributed by atoms with E-state index in [0.717, 1.165) is 10.5 Å². The van der Waals surface area contributed by atoms with Crippen LogP contribution >= 0.6 is 11.3 Å². The van der Waals surface area contributed by atoms with E-state index in [0.29, 0.717) is 12.1 Å². The summed E-state index contributed by atoms with van der Waals surface area (Å²) in [6, 6.07) is 5.15. The zero-order chi connectivity index (χ0) is 12.5. The molecule has 0 saturated heterocycles. The van der Waals surface area contributed by atoms with Gasteiger partial charge in [-0.3, -0.25) is 0 Å². The Morgan fingerprint density at radius 1 is 1.39 bits per heavy atom. The molecular weight excluding hydrogens is 250 g/mol. The number of aromatic nitrogens is 3. The molecule has 0 unspecified atom stereocenters. The number of carboxylic acids is 1. The molecule has 0 amide bonds. The first-order chi connectivity index (χ1) is 8.75. The molecule has 0 aliphatic heterocycles. The molecule has 5 nitrogen and oxygen atoms in total. The van der Waals surface area contributed by atoms with E-state index in [9.17, 15) is 4.79 Å². The summed E-state index contributed by atoms with van der Waals surface area (Å²) in [4.78, 5) is 19.5. The molecule has 18 heavy (non-hydrogen) atoms. The zero-order valence-electron chi connectivity index (χ0n) is 9.28. The average molecular weight is 259 g/mol. The lowest BCUT2D eigenvalue weighted by Crippen LogP contribution is -1.99. The molecule has 0 aliphatic rings. The zero-order valence-corrected chi connectivity index (χ0v) is 10.1. The number of rotatable bonds is 3. The number of hydrogen-bond acceptors (Lipinski definition) is 4.